The summed E-state index contributed by atoms with van der Waals surface area (Å²) in [5.41, 5.74) is 2.38. The zero-order valence-electron chi connectivity index (χ0n) is 16.1. The fraction of sp³-hybridized carbons (Fsp3) is 0.789. The zero-order valence-corrected chi connectivity index (χ0v) is 17.1. The summed E-state index contributed by atoms with van der Waals surface area (Å²) in [5.74, 6) is -2.26. The second-order valence-corrected chi connectivity index (χ2v) is 13.7. The Bertz CT molecular complexity index is 554. The molecule has 0 aromatic carbocycles. The Labute approximate surface area is 147 Å². The Balaban J connectivity index is 2.52. The van der Waals surface area contributed by atoms with Crippen LogP contribution in [-0.2, 0) is 14.0 Å². The second kappa shape index (κ2) is 6.65. The summed E-state index contributed by atoms with van der Waals surface area (Å²) in [5, 5.41) is 9.47. The van der Waals surface area contributed by atoms with Gasteiger partial charge in [0.25, 0.3) is 0 Å². The fourth-order valence-corrected chi connectivity index (χ4v) is 10.5. The minimum Gasteiger partial charge on any atom is -0.432 e. The molecule has 0 radical (unpaired) electrons. The largest absolute Gasteiger partial charge is 0.432 e. The van der Waals surface area contributed by atoms with Gasteiger partial charge in [-0.2, -0.15) is 5.26 Å². The van der Waals surface area contributed by atoms with Crippen LogP contribution in [0.2, 0.25) is 16.6 Å². The Morgan fingerprint density at radius 3 is 2.25 bits per heavy atom. The molecule has 24 heavy (non-hydrogen) atoms. The minimum atomic E-state index is -2.23. The van der Waals surface area contributed by atoms with E-state index in [0.717, 1.165) is 0 Å². The molecular weight excluding hydrogens is 318 g/mol. The van der Waals surface area contributed by atoms with Crippen molar-refractivity contribution in [2.45, 2.75) is 83.7 Å². The maximum absolute atomic E-state index is 12.3. The molecule has 134 valence electrons. The van der Waals surface area contributed by atoms with Crippen molar-refractivity contribution in [2.75, 3.05) is 0 Å². The lowest BCUT2D eigenvalue weighted by Gasteiger charge is -2.50. The maximum Gasteiger partial charge on any atom is 0.326 e. The van der Waals surface area contributed by atoms with Gasteiger partial charge in [0.1, 0.15) is 0 Å². The van der Waals surface area contributed by atoms with Crippen molar-refractivity contribution >= 4 is 14.3 Å². The number of esters is 1. The molecule has 1 saturated heterocycles. The number of carbonyl (C=O) groups excluding carboxylic acids is 1. The smallest absolute Gasteiger partial charge is 0.326 e. The third-order valence-corrected chi connectivity index (χ3v) is 12.0. The Hall–Kier alpha value is -1.12. The third kappa shape index (κ3) is 2.84. The average Bonchev–Trinajstić information content (AvgIpc) is 2.73. The number of nitrogens with zero attached hydrogens (tertiary/aromatic N) is 1. The van der Waals surface area contributed by atoms with Crippen LogP contribution < -0.4 is 0 Å². The molecule has 2 rings (SSSR count). The maximum atomic E-state index is 12.3. The van der Waals surface area contributed by atoms with Gasteiger partial charge in [0.2, 0.25) is 14.1 Å². The number of rotatable bonds is 5. The van der Waals surface area contributed by atoms with E-state index < -0.39 is 26.0 Å². The molecule has 1 unspecified atom stereocenters. The van der Waals surface area contributed by atoms with Gasteiger partial charge in [0, 0.05) is 6.42 Å². The first-order chi connectivity index (χ1) is 11.1. The van der Waals surface area contributed by atoms with Crippen LogP contribution in [-0.4, -0.2) is 20.1 Å². The Morgan fingerprint density at radius 2 is 1.79 bits per heavy atom. The van der Waals surface area contributed by atoms with Crippen LogP contribution in [0.5, 0.6) is 0 Å². The highest BCUT2D eigenvalue weighted by Crippen LogP contribution is 2.53. The van der Waals surface area contributed by atoms with E-state index in [1.165, 1.54) is 5.57 Å². The van der Waals surface area contributed by atoms with Crippen molar-refractivity contribution in [3.63, 3.8) is 0 Å². The number of ether oxygens (including phenoxy) is 1. The van der Waals surface area contributed by atoms with Gasteiger partial charge in [-0.25, -0.2) is 0 Å². The summed E-state index contributed by atoms with van der Waals surface area (Å²) < 4.78 is 12.8. The quantitative estimate of drug-likeness (QED) is 0.401. The molecule has 0 amide bonds. The molecule has 3 atom stereocenters. The molecule has 0 bridgehead atoms. The molecule has 0 spiro atoms. The number of carbonyl (C=O) groups is 1. The summed E-state index contributed by atoms with van der Waals surface area (Å²) >= 11 is 0. The van der Waals surface area contributed by atoms with Crippen LogP contribution in [0, 0.1) is 23.2 Å². The van der Waals surface area contributed by atoms with Gasteiger partial charge in [-0.15, -0.1) is 0 Å². The van der Waals surface area contributed by atoms with Gasteiger partial charge in [0.05, 0.1) is 12.0 Å². The summed E-state index contributed by atoms with van der Waals surface area (Å²) in [6, 6.07) is 2.16. The van der Waals surface area contributed by atoms with Crippen molar-refractivity contribution in [2.24, 2.45) is 11.8 Å². The molecule has 4 nitrogen and oxygen atoms in total. The first kappa shape index (κ1) is 19.2. The van der Waals surface area contributed by atoms with E-state index in [1.807, 2.05) is 0 Å². The predicted molar refractivity (Wildman–Crippen MR) is 96.5 cm³/mol. The summed E-state index contributed by atoms with van der Waals surface area (Å²) in [4.78, 5) is 12.3. The molecule has 5 heteroatoms. The van der Waals surface area contributed by atoms with E-state index in [4.69, 9.17) is 9.16 Å². The number of nitriles is 1. The lowest BCUT2D eigenvalue weighted by molar-refractivity contribution is -0.195. The zero-order chi connectivity index (χ0) is 18.3. The van der Waals surface area contributed by atoms with E-state index in [1.54, 1.807) is 0 Å². The van der Waals surface area contributed by atoms with E-state index in [-0.39, 0.29) is 5.92 Å². The molecule has 0 aromatic rings. The summed E-state index contributed by atoms with van der Waals surface area (Å²) in [6.07, 6.45) is 3.39. The van der Waals surface area contributed by atoms with Gasteiger partial charge < -0.3 is 9.16 Å². The Morgan fingerprint density at radius 1 is 1.25 bits per heavy atom. The van der Waals surface area contributed by atoms with Crippen molar-refractivity contribution in [3.05, 3.63) is 11.6 Å². The van der Waals surface area contributed by atoms with Crippen LogP contribution in [0.15, 0.2) is 11.6 Å². The lowest BCUT2D eigenvalue weighted by Crippen LogP contribution is -2.57. The van der Waals surface area contributed by atoms with Crippen LogP contribution in [0.4, 0.5) is 0 Å². The molecule has 0 saturated carbocycles. The normalized spacial score (nSPS) is 30.4. The van der Waals surface area contributed by atoms with E-state index in [2.05, 4.69) is 60.6 Å². The van der Waals surface area contributed by atoms with E-state index in [9.17, 15) is 10.1 Å². The van der Waals surface area contributed by atoms with Gasteiger partial charge in [-0.3, -0.25) is 4.79 Å². The number of hydrogen-bond donors (Lipinski definition) is 0. The van der Waals surface area contributed by atoms with Crippen LogP contribution in [0.25, 0.3) is 0 Å². The number of hydrogen-bond acceptors (Lipinski definition) is 4. The van der Waals surface area contributed by atoms with Gasteiger partial charge in [0.15, 0.2) is 5.92 Å². The fourth-order valence-electron chi connectivity index (χ4n) is 4.93. The molecule has 0 N–H and O–H groups in total. The minimum absolute atomic E-state index is 0.193. The van der Waals surface area contributed by atoms with E-state index >= 15 is 0 Å². The summed E-state index contributed by atoms with van der Waals surface area (Å²) in [6.45, 7) is 15.4. The van der Waals surface area contributed by atoms with Gasteiger partial charge in [-0.1, -0.05) is 53.2 Å². The molecule has 2 aliphatic rings. The SMILES string of the molecule is CC1=CC[C@H]2C(C#N)C(=O)O[C@]2(O[Si](C(C)C)(C(C)C)C(C)C)C1. The summed E-state index contributed by atoms with van der Waals surface area (Å²) in [7, 11) is -2.23. The van der Waals surface area contributed by atoms with Gasteiger partial charge >= 0.3 is 5.97 Å². The molecule has 1 heterocycles. The van der Waals surface area contributed by atoms with Crippen molar-refractivity contribution in [1.29, 1.82) is 5.26 Å². The highest BCUT2D eigenvalue weighted by molar-refractivity contribution is 6.77. The van der Waals surface area contributed by atoms with Crippen LogP contribution >= 0.6 is 0 Å². The Kier molecular flexibility index (Phi) is 5.32. The highest BCUT2D eigenvalue weighted by atomic mass is 28.4. The standard InChI is InChI=1S/C19H31NO3Si/c1-12(2)24(13(3)4,14(5)6)23-19-10-15(7)8-9-17(19)16(11-20)18(21)22-19/h8,12-14,16-17H,9-10H2,1-7H3/t16?,17-,19-/m0/s1. The predicted octanol–water partition coefficient (Wildman–Crippen LogP) is 4.93. The van der Waals surface area contributed by atoms with E-state index in [0.29, 0.717) is 29.5 Å². The first-order valence-corrected chi connectivity index (χ1v) is 11.2. The average molecular weight is 350 g/mol. The third-order valence-electron chi connectivity index (χ3n) is 5.94. The van der Waals surface area contributed by atoms with Crippen molar-refractivity contribution < 1.29 is 14.0 Å². The first-order valence-electron chi connectivity index (χ1n) is 9.09. The molecule has 1 aliphatic carbocycles. The van der Waals surface area contributed by atoms with Crippen molar-refractivity contribution in [3.8, 4) is 6.07 Å². The molecule has 0 aromatic heterocycles. The molecule has 1 aliphatic heterocycles. The topological polar surface area (TPSA) is 59.3 Å². The van der Waals surface area contributed by atoms with Crippen LogP contribution in [0.1, 0.15) is 61.3 Å². The number of fused-ring (bicyclic) bond motifs is 1. The lowest BCUT2D eigenvalue weighted by atomic mass is 9.79. The second-order valence-electron chi connectivity index (χ2n) is 8.33. The number of allylic oxidation sites excluding steroid dienone is 1. The van der Waals surface area contributed by atoms with Crippen LogP contribution in [0.3, 0.4) is 0 Å². The molecule has 1 fully saturated rings. The van der Waals surface area contributed by atoms with Gasteiger partial charge in [-0.05, 0) is 30.0 Å². The molecular formula is C19H31NO3Si. The van der Waals surface area contributed by atoms with Crippen molar-refractivity contribution in [1.82, 2.24) is 0 Å². The highest BCUT2D eigenvalue weighted by Gasteiger charge is 2.62. The monoisotopic (exact) mass is 349 g/mol.